The number of nitro benzene ring substituents is 1. The fraction of sp³-hybridized carbons (Fsp3) is 0.105. The van der Waals surface area contributed by atoms with Gasteiger partial charge in [0.25, 0.3) is 11.6 Å². The number of rotatable bonds is 6. The molecule has 142 valence electrons. The molecule has 0 radical (unpaired) electrons. The molecule has 0 spiro atoms. The molecule has 1 atom stereocenters. The van der Waals surface area contributed by atoms with Gasteiger partial charge in [0.15, 0.2) is 0 Å². The highest BCUT2D eigenvalue weighted by atomic mass is 32.2. The number of carbonyl (C=O) groups is 2. The Bertz CT molecular complexity index is 991. The average molecular weight is 413 g/mol. The van der Waals surface area contributed by atoms with Crippen molar-refractivity contribution < 1.29 is 19.6 Å². The molecule has 1 heterocycles. The molecule has 2 aromatic carbocycles. The van der Waals surface area contributed by atoms with Crippen LogP contribution in [0.15, 0.2) is 59.5 Å². The molecule has 3 rings (SSSR count). The number of hydrogen-bond acceptors (Lipinski definition) is 7. The fourth-order valence-electron chi connectivity index (χ4n) is 2.75. The van der Waals surface area contributed by atoms with Gasteiger partial charge in [-0.15, -0.1) is 0 Å². The molecule has 1 aliphatic heterocycles. The molecule has 0 saturated carbocycles. The molecule has 0 bridgehead atoms. The van der Waals surface area contributed by atoms with E-state index in [0.29, 0.717) is 5.56 Å². The molecule has 2 aromatic rings. The number of carboxylic acid groups (broad SMARTS) is 1. The first-order valence-corrected chi connectivity index (χ1v) is 9.35. The van der Waals surface area contributed by atoms with E-state index in [1.807, 2.05) is 0 Å². The molecule has 0 N–H and O–H groups in total. The predicted octanol–water partition coefficient (Wildman–Crippen LogP) is 2.16. The standard InChI is InChI=1S/C19H14N2O5S2/c22-17-16(11-13-7-4-8-14(9-13)21(25)26)28-19(27)20(17)15(18(23)24)10-12-5-2-1-3-6-12/h1-9,11,15H,10H2,(H,23,24)/p-1/b16-11-/t15-/m0/s1. The van der Waals surface area contributed by atoms with Gasteiger partial charge in [-0.2, -0.15) is 0 Å². The van der Waals surface area contributed by atoms with E-state index in [2.05, 4.69) is 0 Å². The van der Waals surface area contributed by atoms with Crippen molar-refractivity contribution in [2.75, 3.05) is 0 Å². The molecule has 1 saturated heterocycles. The van der Waals surface area contributed by atoms with E-state index in [0.717, 1.165) is 22.2 Å². The van der Waals surface area contributed by atoms with Gasteiger partial charge in [0.1, 0.15) is 4.32 Å². The average Bonchev–Trinajstić information content (AvgIpc) is 2.94. The minimum atomic E-state index is -1.41. The zero-order valence-corrected chi connectivity index (χ0v) is 15.9. The number of benzene rings is 2. The second-order valence-electron chi connectivity index (χ2n) is 5.93. The quantitative estimate of drug-likeness (QED) is 0.309. The number of carbonyl (C=O) groups excluding carboxylic acids is 2. The molecule has 0 aliphatic carbocycles. The van der Waals surface area contributed by atoms with Crippen LogP contribution in [0.2, 0.25) is 0 Å². The van der Waals surface area contributed by atoms with Crippen LogP contribution in [0.5, 0.6) is 0 Å². The summed E-state index contributed by atoms with van der Waals surface area (Å²) in [5.41, 5.74) is 1.07. The third kappa shape index (κ3) is 4.26. The number of carboxylic acids is 1. The number of thioether (sulfide) groups is 1. The molecule has 28 heavy (non-hydrogen) atoms. The Hall–Kier alpha value is -3.04. The highest BCUT2D eigenvalue weighted by Crippen LogP contribution is 2.35. The summed E-state index contributed by atoms with van der Waals surface area (Å²) in [6.45, 7) is 0. The first-order valence-electron chi connectivity index (χ1n) is 8.13. The van der Waals surface area contributed by atoms with E-state index in [4.69, 9.17) is 12.2 Å². The number of hydrogen-bond donors (Lipinski definition) is 0. The topological polar surface area (TPSA) is 104 Å². The summed E-state index contributed by atoms with van der Waals surface area (Å²) in [5, 5.41) is 22.6. The molecule has 1 aliphatic rings. The number of non-ortho nitro benzene ring substituents is 1. The Kier molecular flexibility index (Phi) is 5.86. The third-order valence-electron chi connectivity index (χ3n) is 4.06. The maximum atomic E-state index is 12.8. The lowest BCUT2D eigenvalue weighted by atomic mass is 10.0. The van der Waals surface area contributed by atoms with Crippen molar-refractivity contribution in [2.24, 2.45) is 0 Å². The van der Waals surface area contributed by atoms with Crippen molar-refractivity contribution in [3.05, 3.63) is 80.7 Å². The van der Waals surface area contributed by atoms with Gasteiger partial charge < -0.3 is 9.90 Å². The van der Waals surface area contributed by atoms with Crippen LogP contribution in [0.25, 0.3) is 6.08 Å². The summed E-state index contributed by atoms with van der Waals surface area (Å²) in [4.78, 5) is 36.1. The lowest BCUT2D eigenvalue weighted by molar-refractivity contribution is -0.384. The van der Waals surface area contributed by atoms with E-state index < -0.39 is 22.8 Å². The first kappa shape index (κ1) is 19.7. The molecule has 1 fully saturated rings. The Morgan fingerprint density at radius 2 is 1.93 bits per heavy atom. The monoisotopic (exact) mass is 413 g/mol. The molecule has 7 nitrogen and oxygen atoms in total. The van der Waals surface area contributed by atoms with Crippen molar-refractivity contribution in [1.82, 2.24) is 4.90 Å². The van der Waals surface area contributed by atoms with Gasteiger partial charge in [0.05, 0.1) is 21.8 Å². The van der Waals surface area contributed by atoms with Crippen LogP contribution >= 0.6 is 24.0 Å². The molecular formula is C19H13N2O5S2-. The maximum Gasteiger partial charge on any atom is 0.270 e. The second-order valence-corrected chi connectivity index (χ2v) is 7.60. The van der Waals surface area contributed by atoms with E-state index in [1.54, 1.807) is 36.4 Å². The predicted molar refractivity (Wildman–Crippen MR) is 107 cm³/mol. The molecule has 9 heteroatoms. The van der Waals surface area contributed by atoms with Gasteiger partial charge >= 0.3 is 0 Å². The lowest BCUT2D eigenvalue weighted by Crippen LogP contribution is -2.51. The minimum Gasteiger partial charge on any atom is -0.548 e. The number of thiocarbonyl (C=S) groups is 1. The van der Waals surface area contributed by atoms with Crippen molar-refractivity contribution in [2.45, 2.75) is 12.5 Å². The summed E-state index contributed by atoms with van der Waals surface area (Å²) >= 11 is 6.17. The lowest BCUT2D eigenvalue weighted by Gasteiger charge is -2.27. The Labute approximate surface area is 169 Å². The normalized spacial score (nSPS) is 16.4. The largest absolute Gasteiger partial charge is 0.548 e. The Morgan fingerprint density at radius 3 is 2.57 bits per heavy atom. The van der Waals surface area contributed by atoms with Crippen LogP contribution in [0.4, 0.5) is 5.69 Å². The maximum absolute atomic E-state index is 12.8. The van der Waals surface area contributed by atoms with Gasteiger partial charge in [-0.05, 0) is 23.6 Å². The summed E-state index contributed by atoms with van der Waals surface area (Å²) in [5.74, 6) is -1.97. The number of nitro groups is 1. The van der Waals surface area contributed by atoms with Crippen molar-refractivity contribution in [3.63, 3.8) is 0 Å². The van der Waals surface area contributed by atoms with Crippen LogP contribution in [0, 0.1) is 10.1 Å². The first-order chi connectivity index (χ1) is 13.4. The molecule has 1 amide bonds. The van der Waals surface area contributed by atoms with Crippen LogP contribution in [0.1, 0.15) is 11.1 Å². The minimum absolute atomic E-state index is 0.0553. The Morgan fingerprint density at radius 1 is 1.21 bits per heavy atom. The number of nitrogens with zero attached hydrogens (tertiary/aromatic N) is 2. The summed E-state index contributed by atoms with van der Waals surface area (Å²) in [6, 6.07) is 13.4. The highest BCUT2D eigenvalue weighted by Gasteiger charge is 2.37. The fourth-order valence-corrected chi connectivity index (χ4v) is 4.10. The van der Waals surface area contributed by atoms with Gasteiger partial charge in [-0.3, -0.25) is 19.8 Å². The van der Waals surface area contributed by atoms with E-state index >= 15 is 0 Å². The number of aliphatic carboxylic acids is 1. The molecule has 0 unspecified atom stereocenters. The Balaban J connectivity index is 1.88. The van der Waals surface area contributed by atoms with Crippen LogP contribution < -0.4 is 5.11 Å². The summed E-state index contributed by atoms with van der Waals surface area (Å²) in [7, 11) is 0. The van der Waals surface area contributed by atoms with Crippen LogP contribution in [0.3, 0.4) is 0 Å². The molecular weight excluding hydrogens is 400 g/mol. The van der Waals surface area contributed by atoms with Crippen molar-refractivity contribution >= 4 is 51.9 Å². The zero-order valence-electron chi connectivity index (χ0n) is 14.3. The number of amides is 1. The van der Waals surface area contributed by atoms with Gasteiger partial charge in [-0.1, -0.05) is 66.4 Å². The molecule has 0 aromatic heterocycles. The van der Waals surface area contributed by atoms with E-state index in [1.165, 1.54) is 24.3 Å². The van der Waals surface area contributed by atoms with Gasteiger partial charge in [0.2, 0.25) is 0 Å². The summed E-state index contributed by atoms with van der Waals surface area (Å²) < 4.78 is 0.104. The smallest absolute Gasteiger partial charge is 0.270 e. The summed E-state index contributed by atoms with van der Waals surface area (Å²) in [6.07, 6.45) is 1.51. The zero-order chi connectivity index (χ0) is 20.3. The highest BCUT2D eigenvalue weighted by molar-refractivity contribution is 8.26. The van der Waals surface area contributed by atoms with Gasteiger partial charge in [0, 0.05) is 12.1 Å². The van der Waals surface area contributed by atoms with Crippen LogP contribution in [-0.2, 0) is 16.0 Å². The van der Waals surface area contributed by atoms with E-state index in [-0.39, 0.29) is 21.3 Å². The van der Waals surface area contributed by atoms with Crippen molar-refractivity contribution in [1.29, 1.82) is 0 Å². The third-order valence-corrected chi connectivity index (χ3v) is 5.39. The van der Waals surface area contributed by atoms with Gasteiger partial charge in [-0.25, -0.2) is 0 Å². The second kappa shape index (κ2) is 8.32. The SMILES string of the molecule is O=C([O-])[C@H](Cc1ccccc1)N1C(=O)/C(=C/c2cccc([N+](=O)[O-])c2)SC1=S. The van der Waals surface area contributed by atoms with Crippen molar-refractivity contribution in [3.8, 4) is 0 Å². The van der Waals surface area contributed by atoms with E-state index in [9.17, 15) is 24.8 Å². The van der Waals surface area contributed by atoms with Crippen LogP contribution in [-0.4, -0.2) is 32.1 Å².